The van der Waals surface area contributed by atoms with Crippen LogP contribution in [-0.4, -0.2) is 50.2 Å². The van der Waals surface area contributed by atoms with Gasteiger partial charge in [-0.05, 0) is 76.9 Å². The fourth-order valence-electron chi connectivity index (χ4n) is 3.37. The molecule has 0 atom stereocenters. The monoisotopic (exact) mass is 349 g/mol. The van der Waals surface area contributed by atoms with Gasteiger partial charge in [0.25, 0.3) is 0 Å². The molecular weight excluding hydrogens is 317 g/mol. The van der Waals surface area contributed by atoms with Crippen LogP contribution in [0.5, 0.6) is 0 Å². The minimum atomic E-state index is -0.833. The van der Waals surface area contributed by atoms with Crippen LogP contribution in [-0.2, 0) is 9.31 Å². The Labute approximate surface area is 149 Å². The Morgan fingerprint density at radius 1 is 0.958 bits per heavy atom. The highest BCUT2D eigenvalue weighted by Crippen LogP contribution is 2.50. The third-order valence-corrected chi connectivity index (χ3v) is 7.26. The average molecular weight is 349 g/mol. The topological polar surface area (TPSA) is 21.7 Å². The number of nitrogens with zero attached hydrogens (tertiary/aromatic N) is 1. The summed E-state index contributed by atoms with van der Waals surface area (Å²) in [6.07, 6.45) is 9.72. The summed E-state index contributed by atoms with van der Waals surface area (Å²) in [4.78, 5) is 4.01. The summed E-state index contributed by atoms with van der Waals surface area (Å²) in [6, 6.07) is 6.83. The number of rotatable bonds is 3. The maximum absolute atomic E-state index is 6.26. The van der Waals surface area contributed by atoms with Gasteiger partial charge in [-0.15, -0.1) is 0 Å². The number of benzene rings is 1. The average Bonchev–Trinajstić information content (AvgIpc) is 3.04. The first-order chi connectivity index (χ1) is 11.0. The summed E-state index contributed by atoms with van der Waals surface area (Å²) in [7, 11) is -1.11. The van der Waals surface area contributed by atoms with Gasteiger partial charge in [-0.25, -0.2) is 10.0 Å². The highest BCUT2D eigenvalue weighted by atomic mass is 32.3. The predicted octanol–water partition coefficient (Wildman–Crippen LogP) is 3.64. The molecule has 0 saturated carbocycles. The molecule has 0 radical (unpaired) electrons. The molecule has 2 saturated heterocycles. The van der Waals surface area contributed by atoms with Gasteiger partial charge in [-0.2, -0.15) is 0 Å². The van der Waals surface area contributed by atoms with Gasteiger partial charge in [0.1, 0.15) is 0 Å². The summed E-state index contributed by atoms with van der Waals surface area (Å²) >= 11 is 0. The van der Waals surface area contributed by atoms with E-state index < -0.39 is 10.0 Å². The van der Waals surface area contributed by atoms with Crippen molar-refractivity contribution in [1.29, 1.82) is 0 Å². The van der Waals surface area contributed by atoms with Crippen molar-refractivity contribution in [3.8, 4) is 0 Å². The Hall–Kier alpha value is -0.645. The van der Waals surface area contributed by atoms with Gasteiger partial charge in [0.15, 0.2) is 0 Å². The van der Waals surface area contributed by atoms with Crippen molar-refractivity contribution in [1.82, 2.24) is 0 Å². The SMILES string of the molecule is CC1(C)OB(c2ccc(N3CCCC3)c(S(C)(C)C)c2)OC1(C)C. The van der Waals surface area contributed by atoms with E-state index in [0.717, 1.165) is 5.46 Å². The van der Waals surface area contributed by atoms with Crippen LogP contribution >= 0.6 is 10.0 Å². The van der Waals surface area contributed by atoms with E-state index >= 15 is 0 Å². The van der Waals surface area contributed by atoms with E-state index in [2.05, 4.69) is 69.6 Å². The second-order valence-corrected chi connectivity index (χ2v) is 13.0. The number of hydrogen-bond donors (Lipinski definition) is 0. The molecule has 24 heavy (non-hydrogen) atoms. The zero-order valence-electron chi connectivity index (χ0n) is 16.3. The minimum absolute atomic E-state index is 0.275. The highest BCUT2D eigenvalue weighted by molar-refractivity contribution is 8.32. The summed E-state index contributed by atoms with van der Waals surface area (Å²) < 4.78 is 12.5. The number of hydrogen-bond acceptors (Lipinski definition) is 3. The molecule has 1 aromatic carbocycles. The Kier molecular flexibility index (Phi) is 4.51. The lowest BCUT2D eigenvalue weighted by atomic mass is 9.79. The Balaban J connectivity index is 1.97. The minimum Gasteiger partial charge on any atom is -0.399 e. The van der Waals surface area contributed by atoms with Gasteiger partial charge in [0, 0.05) is 23.7 Å². The first kappa shape index (κ1) is 18.2. The molecule has 0 aliphatic carbocycles. The molecule has 0 aromatic heterocycles. The van der Waals surface area contributed by atoms with Crippen LogP contribution in [0.15, 0.2) is 23.1 Å². The molecule has 1 aromatic rings. The second-order valence-electron chi connectivity index (χ2n) is 8.85. The van der Waals surface area contributed by atoms with Crippen molar-refractivity contribution < 1.29 is 9.31 Å². The van der Waals surface area contributed by atoms with Crippen LogP contribution in [0.2, 0.25) is 0 Å². The summed E-state index contributed by atoms with van der Waals surface area (Å²) in [6.45, 7) is 10.8. The van der Waals surface area contributed by atoms with E-state index in [1.165, 1.54) is 36.5 Å². The lowest BCUT2D eigenvalue weighted by Gasteiger charge is -2.33. The van der Waals surface area contributed by atoms with Crippen molar-refractivity contribution in [2.24, 2.45) is 0 Å². The van der Waals surface area contributed by atoms with Crippen molar-refractivity contribution >= 4 is 28.3 Å². The molecule has 0 amide bonds. The molecule has 0 unspecified atom stereocenters. The zero-order valence-corrected chi connectivity index (χ0v) is 17.1. The first-order valence-corrected chi connectivity index (χ1v) is 11.8. The molecule has 2 heterocycles. The van der Waals surface area contributed by atoms with E-state index in [9.17, 15) is 0 Å². The molecular formula is C19H32BNO2S. The molecule has 0 N–H and O–H groups in total. The van der Waals surface area contributed by atoms with Crippen molar-refractivity contribution in [3.05, 3.63) is 18.2 Å². The van der Waals surface area contributed by atoms with Crippen LogP contribution < -0.4 is 10.4 Å². The fourth-order valence-corrected chi connectivity index (χ4v) is 4.68. The van der Waals surface area contributed by atoms with Crippen molar-refractivity contribution in [2.75, 3.05) is 36.8 Å². The Morgan fingerprint density at radius 3 is 2.00 bits per heavy atom. The van der Waals surface area contributed by atoms with E-state index in [1.807, 2.05) is 0 Å². The Morgan fingerprint density at radius 2 is 1.50 bits per heavy atom. The third kappa shape index (κ3) is 3.23. The van der Waals surface area contributed by atoms with Crippen LogP contribution in [0.1, 0.15) is 40.5 Å². The van der Waals surface area contributed by atoms with Crippen molar-refractivity contribution in [3.63, 3.8) is 0 Å². The summed E-state index contributed by atoms with van der Waals surface area (Å²) in [5.74, 6) is 0. The molecule has 2 fully saturated rings. The van der Waals surface area contributed by atoms with Gasteiger partial charge in [-0.3, -0.25) is 0 Å². The van der Waals surface area contributed by atoms with Gasteiger partial charge in [0.2, 0.25) is 0 Å². The van der Waals surface area contributed by atoms with E-state index in [0.29, 0.717) is 0 Å². The largest absolute Gasteiger partial charge is 0.494 e. The predicted molar refractivity (Wildman–Crippen MR) is 107 cm³/mol. The van der Waals surface area contributed by atoms with Gasteiger partial charge in [0.05, 0.1) is 11.2 Å². The van der Waals surface area contributed by atoms with Crippen LogP contribution in [0, 0.1) is 0 Å². The third-order valence-electron chi connectivity index (χ3n) is 5.62. The van der Waals surface area contributed by atoms with Crippen molar-refractivity contribution in [2.45, 2.75) is 56.6 Å². The number of anilines is 1. The lowest BCUT2D eigenvalue weighted by Crippen LogP contribution is -2.41. The molecule has 3 nitrogen and oxygen atoms in total. The van der Waals surface area contributed by atoms with Gasteiger partial charge >= 0.3 is 7.12 Å². The molecule has 134 valence electrons. The maximum atomic E-state index is 6.26. The van der Waals surface area contributed by atoms with Crippen LogP contribution in [0.25, 0.3) is 0 Å². The molecule has 0 spiro atoms. The van der Waals surface area contributed by atoms with Crippen LogP contribution in [0.3, 0.4) is 0 Å². The van der Waals surface area contributed by atoms with Crippen LogP contribution in [0.4, 0.5) is 5.69 Å². The molecule has 0 bridgehead atoms. The summed E-state index contributed by atoms with van der Waals surface area (Å²) in [5, 5.41) is 0. The molecule has 2 aliphatic rings. The zero-order chi connectivity index (χ0) is 17.8. The maximum Gasteiger partial charge on any atom is 0.494 e. The second kappa shape index (κ2) is 5.96. The fraction of sp³-hybridized carbons (Fsp3) is 0.684. The summed E-state index contributed by atoms with van der Waals surface area (Å²) in [5.41, 5.74) is 1.98. The van der Waals surface area contributed by atoms with E-state index in [-0.39, 0.29) is 18.3 Å². The molecule has 2 aliphatic heterocycles. The van der Waals surface area contributed by atoms with E-state index in [1.54, 1.807) is 0 Å². The standard InChI is InChI=1S/C19H32BNO2S/c1-18(2)19(3,4)23-20(22-18)15-10-11-16(21-12-8-9-13-21)17(14-15)24(5,6)7/h10-11,14H,8-9,12-13H2,1-7H3. The lowest BCUT2D eigenvalue weighted by molar-refractivity contribution is 0.00578. The first-order valence-electron chi connectivity index (χ1n) is 8.94. The Bertz CT molecular complexity index is 602. The highest BCUT2D eigenvalue weighted by Gasteiger charge is 2.51. The molecule has 5 heteroatoms. The quantitative estimate of drug-likeness (QED) is 0.778. The molecule has 3 rings (SSSR count). The van der Waals surface area contributed by atoms with E-state index in [4.69, 9.17) is 9.31 Å². The van der Waals surface area contributed by atoms with Gasteiger partial charge < -0.3 is 14.2 Å². The van der Waals surface area contributed by atoms with Gasteiger partial charge in [-0.1, -0.05) is 6.07 Å². The smallest absolute Gasteiger partial charge is 0.399 e. The normalized spacial score (nSPS) is 23.8.